The van der Waals surface area contributed by atoms with Crippen molar-refractivity contribution in [1.82, 2.24) is 10.6 Å². The number of nitrogens with one attached hydrogen (secondary N) is 2. The van der Waals surface area contributed by atoms with Gasteiger partial charge in [0.15, 0.2) is 0 Å². The van der Waals surface area contributed by atoms with Gasteiger partial charge in [0, 0.05) is 19.8 Å². The number of carbonyl (C=O) groups is 1. The van der Waals surface area contributed by atoms with Crippen molar-refractivity contribution in [2.24, 2.45) is 5.92 Å². The number of hydrogen-bond donors (Lipinski definition) is 3. The summed E-state index contributed by atoms with van der Waals surface area (Å²) < 4.78 is 5.49. The summed E-state index contributed by atoms with van der Waals surface area (Å²) in [5.41, 5.74) is 0. The van der Waals surface area contributed by atoms with E-state index in [2.05, 4.69) is 10.6 Å². The molecular weight excluding hydrogens is 244 g/mol. The third-order valence-electron chi connectivity index (χ3n) is 3.85. The first-order valence-electron chi connectivity index (χ1n) is 7.56. The summed E-state index contributed by atoms with van der Waals surface area (Å²) in [6.07, 6.45) is 6.87. The summed E-state index contributed by atoms with van der Waals surface area (Å²) in [6, 6.07) is -0.256. The van der Waals surface area contributed by atoms with E-state index in [-0.39, 0.29) is 18.2 Å². The van der Waals surface area contributed by atoms with E-state index in [0.29, 0.717) is 13.2 Å². The van der Waals surface area contributed by atoms with E-state index in [9.17, 15) is 9.90 Å². The van der Waals surface area contributed by atoms with Gasteiger partial charge in [0.1, 0.15) is 0 Å². The Labute approximate surface area is 115 Å². The number of carbonyl (C=O) groups excluding carboxylic acids is 1. The Kier molecular flexibility index (Phi) is 5.92. The van der Waals surface area contributed by atoms with Crippen molar-refractivity contribution in [3.05, 3.63) is 0 Å². The Bertz CT molecular complexity index is 282. The fourth-order valence-corrected chi connectivity index (χ4v) is 2.41. The van der Waals surface area contributed by atoms with Crippen LogP contribution in [0.5, 0.6) is 0 Å². The lowest BCUT2D eigenvalue weighted by Gasteiger charge is -2.28. The largest absolute Gasteiger partial charge is 0.391 e. The summed E-state index contributed by atoms with van der Waals surface area (Å²) in [5.74, 6) is 0.795. The Hall–Kier alpha value is -0.810. The van der Waals surface area contributed by atoms with Crippen molar-refractivity contribution in [2.75, 3.05) is 19.8 Å². The van der Waals surface area contributed by atoms with Crippen LogP contribution in [0.4, 0.5) is 4.79 Å². The maximum Gasteiger partial charge on any atom is 0.315 e. The van der Waals surface area contributed by atoms with Gasteiger partial charge in [-0.1, -0.05) is 12.8 Å². The molecule has 0 bridgehead atoms. The van der Waals surface area contributed by atoms with Crippen LogP contribution < -0.4 is 10.6 Å². The smallest absolute Gasteiger partial charge is 0.315 e. The number of aliphatic hydroxyl groups excluding tert-OH is 1. The molecule has 2 saturated carbocycles. The molecule has 0 saturated heterocycles. The molecule has 3 N–H and O–H groups in total. The number of rotatable bonds is 7. The van der Waals surface area contributed by atoms with Gasteiger partial charge in [-0.05, 0) is 38.0 Å². The number of urea groups is 1. The van der Waals surface area contributed by atoms with Gasteiger partial charge in [0.2, 0.25) is 0 Å². The van der Waals surface area contributed by atoms with Gasteiger partial charge in [0.05, 0.1) is 12.1 Å². The maximum atomic E-state index is 11.6. The fourth-order valence-electron chi connectivity index (χ4n) is 2.41. The Morgan fingerprint density at radius 1 is 1.21 bits per heavy atom. The second kappa shape index (κ2) is 7.70. The predicted octanol–water partition coefficient (Wildman–Crippen LogP) is 1.41. The van der Waals surface area contributed by atoms with Gasteiger partial charge >= 0.3 is 6.03 Å². The summed E-state index contributed by atoms with van der Waals surface area (Å²) in [7, 11) is 0. The monoisotopic (exact) mass is 270 g/mol. The summed E-state index contributed by atoms with van der Waals surface area (Å²) in [5, 5.41) is 15.4. The Morgan fingerprint density at radius 3 is 2.74 bits per heavy atom. The third kappa shape index (κ3) is 5.78. The van der Waals surface area contributed by atoms with Crippen molar-refractivity contribution < 1.29 is 14.6 Å². The molecule has 19 heavy (non-hydrogen) atoms. The highest BCUT2D eigenvalue weighted by Crippen LogP contribution is 2.28. The lowest BCUT2D eigenvalue weighted by Crippen LogP contribution is -2.49. The van der Waals surface area contributed by atoms with Crippen LogP contribution in [0.3, 0.4) is 0 Å². The summed E-state index contributed by atoms with van der Waals surface area (Å²) in [4.78, 5) is 11.6. The minimum atomic E-state index is -0.388. The molecule has 0 heterocycles. The number of hydrogen-bond acceptors (Lipinski definition) is 3. The molecule has 5 nitrogen and oxygen atoms in total. The zero-order valence-corrected chi connectivity index (χ0v) is 11.6. The minimum absolute atomic E-state index is 0.0835. The molecule has 0 radical (unpaired) electrons. The number of aliphatic hydroxyl groups is 1. The van der Waals surface area contributed by atoms with Gasteiger partial charge < -0.3 is 20.5 Å². The lowest BCUT2D eigenvalue weighted by atomic mass is 9.93. The predicted molar refractivity (Wildman–Crippen MR) is 73.0 cm³/mol. The molecule has 2 aliphatic carbocycles. The Morgan fingerprint density at radius 2 is 2.00 bits per heavy atom. The van der Waals surface area contributed by atoms with Crippen molar-refractivity contribution in [3.8, 4) is 0 Å². The average molecular weight is 270 g/mol. The van der Waals surface area contributed by atoms with Gasteiger partial charge in [-0.3, -0.25) is 0 Å². The van der Waals surface area contributed by atoms with Crippen LogP contribution in [0.25, 0.3) is 0 Å². The van der Waals surface area contributed by atoms with Gasteiger partial charge in [-0.2, -0.15) is 0 Å². The quantitative estimate of drug-likeness (QED) is 0.613. The molecular formula is C14H26N2O3. The van der Waals surface area contributed by atoms with Crippen LogP contribution >= 0.6 is 0 Å². The first-order valence-corrected chi connectivity index (χ1v) is 7.56. The molecule has 2 unspecified atom stereocenters. The number of ether oxygens (including phenoxy) is 1. The highest BCUT2D eigenvalue weighted by molar-refractivity contribution is 5.74. The van der Waals surface area contributed by atoms with Gasteiger partial charge in [-0.25, -0.2) is 4.79 Å². The highest BCUT2D eigenvalue weighted by atomic mass is 16.5. The summed E-state index contributed by atoms with van der Waals surface area (Å²) in [6.45, 7) is 2.21. The minimum Gasteiger partial charge on any atom is -0.391 e. The molecule has 0 aromatic carbocycles. The molecule has 0 aliphatic heterocycles. The van der Waals surface area contributed by atoms with Gasteiger partial charge in [-0.15, -0.1) is 0 Å². The Balaban J connectivity index is 1.46. The van der Waals surface area contributed by atoms with Crippen LogP contribution in [0, 0.1) is 5.92 Å². The fraction of sp³-hybridized carbons (Fsp3) is 0.929. The van der Waals surface area contributed by atoms with E-state index in [4.69, 9.17) is 4.74 Å². The molecule has 110 valence electrons. The van der Waals surface area contributed by atoms with Crippen LogP contribution in [0.2, 0.25) is 0 Å². The molecule has 2 atom stereocenters. The SMILES string of the molecule is O=C(NCCCOCC1CC1)NC1CCCCC1O. The van der Waals surface area contributed by atoms with Gasteiger partial charge in [0.25, 0.3) is 0 Å². The summed E-state index contributed by atoms with van der Waals surface area (Å²) >= 11 is 0. The third-order valence-corrected chi connectivity index (χ3v) is 3.85. The van der Waals surface area contributed by atoms with E-state index in [0.717, 1.165) is 44.6 Å². The van der Waals surface area contributed by atoms with Crippen molar-refractivity contribution in [2.45, 2.75) is 57.1 Å². The first kappa shape index (κ1) is 14.6. The van der Waals surface area contributed by atoms with Crippen molar-refractivity contribution in [3.63, 3.8) is 0 Å². The molecule has 2 amide bonds. The van der Waals surface area contributed by atoms with E-state index >= 15 is 0 Å². The molecule has 0 spiro atoms. The standard InChI is InChI=1S/C14H26N2O3/c17-13-5-2-1-4-12(13)16-14(18)15-8-3-9-19-10-11-6-7-11/h11-13,17H,1-10H2,(H2,15,16,18). The average Bonchev–Trinajstić information content (AvgIpc) is 3.20. The van der Waals surface area contributed by atoms with Crippen LogP contribution in [-0.2, 0) is 4.74 Å². The molecule has 2 aliphatic rings. The number of amides is 2. The van der Waals surface area contributed by atoms with E-state index < -0.39 is 0 Å². The van der Waals surface area contributed by atoms with E-state index in [1.54, 1.807) is 0 Å². The molecule has 0 aromatic heterocycles. The molecule has 5 heteroatoms. The molecule has 0 aromatic rings. The van der Waals surface area contributed by atoms with E-state index in [1.165, 1.54) is 12.8 Å². The van der Waals surface area contributed by atoms with E-state index in [1.807, 2.05) is 0 Å². The second-order valence-electron chi connectivity index (χ2n) is 5.73. The van der Waals surface area contributed by atoms with Crippen LogP contribution in [0.15, 0.2) is 0 Å². The zero-order valence-electron chi connectivity index (χ0n) is 11.6. The van der Waals surface area contributed by atoms with Crippen molar-refractivity contribution >= 4 is 6.03 Å². The zero-order chi connectivity index (χ0) is 13.5. The normalized spacial score (nSPS) is 27.0. The first-order chi connectivity index (χ1) is 9.25. The van der Waals surface area contributed by atoms with Crippen LogP contribution in [-0.4, -0.2) is 43.0 Å². The highest BCUT2D eigenvalue weighted by Gasteiger charge is 2.24. The molecule has 2 rings (SSSR count). The maximum absolute atomic E-state index is 11.6. The van der Waals surface area contributed by atoms with Crippen molar-refractivity contribution in [1.29, 1.82) is 0 Å². The second-order valence-corrected chi connectivity index (χ2v) is 5.73. The van der Waals surface area contributed by atoms with Crippen LogP contribution in [0.1, 0.15) is 44.9 Å². The topological polar surface area (TPSA) is 70.6 Å². The lowest BCUT2D eigenvalue weighted by molar-refractivity contribution is 0.0940. The molecule has 2 fully saturated rings.